The van der Waals surface area contributed by atoms with Gasteiger partial charge in [0.15, 0.2) is 0 Å². The molecule has 0 spiro atoms. The van der Waals surface area contributed by atoms with Gasteiger partial charge >= 0.3 is 0 Å². The Hall–Kier alpha value is -0.770. The molecule has 1 atom stereocenters. The molecule has 1 unspecified atom stereocenters. The Labute approximate surface area is 85.8 Å². The van der Waals surface area contributed by atoms with Gasteiger partial charge in [-0.05, 0) is 25.3 Å². The summed E-state index contributed by atoms with van der Waals surface area (Å²) in [6, 6.07) is 0.368. The third kappa shape index (κ3) is 2.87. The molecular formula is C10H21N3O. The number of nitrogens with two attached hydrogens (primary N) is 1. The van der Waals surface area contributed by atoms with Gasteiger partial charge < -0.3 is 10.9 Å². The van der Waals surface area contributed by atoms with Gasteiger partial charge in [-0.3, -0.25) is 4.90 Å². The summed E-state index contributed by atoms with van der Waals surface area (Å²) in [6.07, 6.45) is 1.88. The maximum atomic E-state index is 8.47. The van der Waals surface area contributed by atoms with E-state index in [4.69, 9.17) is 10.9 Å². The van der Waals surface area contributed by atoms with Crippen molar-refractivity contribution >= 4 is 5.84 Å². The molecule has 0 radical (unpaired) electrons. The zero-order valence-corrected chi connectivity index (χ0v) is 9.32. The number of likely N-dealkylation sites (tertiary alicyclic amines) is 1. The lowest BCUT2D eigenvalue weighted by Gasteiger charge is -2.25. The summed E-state index contributed by atoms with van der Waals surface area (Å²) in [7, 11) is 0. The van der Waals surface area contributed by atoms with E-state index in [1.54, 1.807) is 0 Å². The highest BCUT2D eigenvalue weighted by molar-refractivity contribution is 5.80. The van der Waals surface area contributed by atoms with Crippen molar-refractivity contribution in [1.29, 1.82) is 0 Å². The molecule has 1 aliphatic heterocycles. The molecule has 1 saturated heterocycles. The zero-order chi connectivity index (χ0) is 10.8. The molecule has 4 heteroatoms. The largest absolute Gasteiger partial charge is 0.409 e. The first-order valence-corrected chi connectivity index (χ1v) is 5.15. The van der Waals surface area contributed by atoms with E-state index in [1.165, 1.54) is 6.42 Å². The van der Waals surface area contributed by atoms with Crippen molar-refractivity contribution < 1.29 is 5.21 Å². The third-order valence-corrected chi connectivity index (χ3v) is 2.96. The minimum atomic E-state index is 0.321. The van der Waals surface area contributed by atoms with Crippen molar-refractivity contribution in [2.75, 3.05) is 13.1 Å². The van der Waals surface area contributed by atoms with Crippen LogP contribution >= 0.6 is 0 Å². The lowest BCUT2D eigenvalue weighted by molar-refractivity contribution is 0.232. The fourth-order valence-corrected chi connectivity index (χ4v) is 2.00. The molecule has 82 valence electrons. The fourth-order valence-electron chi connectivity index (χ4n) is 2.00. The van der Waals surface area contributed by atoms with E-state index in [2.05, 4.69) is 30.8 Å². The highest BCUT2D eigenvalue weighted by atomic mass is 16.4. The molecular weight excluding hydrogens is 178 g/mol. The van der Waals surface area contributed by atoms with Gasteiger partial charge in [0.1, 0.15) is 5.84 Å². The minimum Gasteiger partial charge on any atom is -0.409 e. The van der Waals surface area contributed by atoms with Crippen LogP contribution in [-0.4, -0.2) is 35.1 Å². The van der Waals surface area contributed by atoms with Crippen molar-refractivity contribution in [2.24, 2.45) is 16.3 Å². The molecule has 0 saturated carbocycles. The Kier molecular flexibility index (Phi) is 3.37. The number of nitrogens with zero attached hydrogens (tertiary/aromatic N) is 2. The van der Waals surface area contributed by atoms with Gasteiger partial charge in [0.2, 0.25) is 0 Å². The highest BCUT2D eigenvalue weighted by Gasteiger charge is 2.31. The summed E-state index contributed by atoms with van der Waals surface area (Å²) in [4.78, 5) is 2.40. The Morgan fingerprint density at radius 2 is 2.29 bits per heavy atom. The molecule has 0 aromatic rings. The van der Waals surface area contributed by atoms with Crippen LogP contribution in [0.3, 0.4) is 0 Å². The average molecular weight is 199 g/mol. The normalized spacial score (nSPS) is 25.2. The molecule has 1 heterocycles. The monoisotopic (exact) mass is 199 g/mol. The van der Waals surface area contributed by atoms with E-state index in [0.717, 1.165) is 13.1 Å². The third-order valence-electron chi connectivity index (χ3n) is 2.96. The van der Waals surface area contributed by atoms with E-state index >= 15 is 0 Å². The van der Waals surface area contributed by atoms with Gasteiger partial charge in [-0.15, -0.1) is 0 Å². The number of amidine groups is 1. The van der Waals surface area contributed by atoms with Crippen LogP contribution < -0.4 is 5.73 Å². The molecule has 14 heavy (non-hydrogen) atoms. The van der Waals surface area contributed by atoms with Crippen LogP contribution in [0.25, 0.3) is 0 Å². The molecule has 0 aromatic heterocycles. The molecule has 1 aliphatic rings. The molecule has 0 aliphatic carbocycles. The van der Waals surface area contributed by atoms with Crippen LogP contribution in [0, 0.1) is 5.41 Å². The topological polar surface area (TPSA) is 61.9 Å². The maximum Gasteiger partial charge on any atom is 0.140 e. The minimum absolute atomic E-state index is 0.321. The number of oxime groups is 1. The second-order valence-corrected chi connectivity index (χ2v) is 5.03. The predicted molar refractivity (Wildman–Crippen MR) is 57.5 cm³/mol. The van der Waals surface area contributed by atoms with Crippen molar-refractivity contribution in [3.63, 3.8) is 0 Å². The van der Waals surface area contributed by atoms with Gasteiger partial charge in [0.25, 0.3) is 0 Å². The standard InChI is InChI=1S/C10H21N3O/c1-8(6-9(11)12-14)13-5-4-10(2,3)7-13/h8,14H,4-7H2,1-3H3,(H2,11,12). The summed E-state index contributed by atoms with van der Waals surface area (Å²) >= 11 is 0. The lowest BCUT2D eigenvalue weighted by Crippen LogP contribution is -2.35. The second kappa shape index (κ2) is 4.17. The summed E-state index contributed by atoms with van der Waals surface area (Å²) in [6.45, 7) is 8.91. The van der Waals surface area contributed by atoms with Crippen molar-refractivity contribution in [3.8, 4) is 0 Å². The Balaban J connectivity index is 2.43. The molecule has 4 nitrogen and oxygen atoms in total. The van der Waals surface area contributed by atoms with Crippen molar-refractivity contribution in [2.45, 2.75) is 39.7 Å². The summed E-state index contributed by atoms with van der Waals surface area (Å²) < 4.78 is 0. The summed E-state index contributed by atoms with van der Waals surface area (Å²) in [5.41, 5.74) is 5.90. The number of hydrogen-bond acceptors (Lipinski definition) is 3. The highest BCUT2D eigenvalue weighted by Crippen LogP contribution is 2.30. The van der Waals surface area contributed by atoms with E-state index in [1.807, 2.05) is 0 Å². The van der Waals surface area contributed by atoms with Gasteiger partial charge in [-0.2, -0.15) is 0 Å². The van der Waals surface area contributed by atoms with E-state index in [0.29, 0.717) is 23.7 Å². The van der Waals surface area contributed by atoms with E-state index in [9.17, 15) is 0 Å². The van der Waals surface area contributed by atoms with Gasteiger partial charge in [-0.1, -0.05) is 19.0 Å². The fraction of sp³-hybridized carbons (Fsp3) is 0.900. The van der Waals surface area contributed by atoms with Crippen LogP contribution in [0.15, 0.2) is 5.16 Å². The zero-order valence-electron chi connectivity index (χ0n) is 9.32. The molecule has 1 fully saturated rings. The Bertz CT molecular complexity index is 225. The second-order valence-electron chi connectivity index (χ2n) is 5.03. The van der Waals surface area contributed by atoms with Crippen molar-refractivity contribution in [1.82, 2.24) is 4.90 Å². The van der Waals surface area contributed by atoms with Gasteiger partial charge in [-0.25, -0.2) is 0 Å². The molecule has 0 bridgehead atoms. The first-order chi connectivity index (χ1) is 6.44. The average Bonchev–Trinajstić information content (AvgIpc) is 2.46. The molecule has 3 N–H and O–H groups in total. The Morgan fingerprint density at radius 3 is 2.71 bits per heavy atom. The summed E-state index contributed by atoms with van der Waals surface area (Å²) in [5, 5.41) is 11.5. The van der Waals surface area contributed by atoms with Crippen LogP contribution in [0.2, 0.25) is 0 Å². The number of rotatable bonds is 3. The van der Waals surface area contributed by atoms with E-state index < -0.39 is 0 Å². The first-order valence-electron chi connectivity index (χ1n) is 5.15. The Morgan fingerprint density at radius 1 is 1.64 bits per heavy atom. The maximum absolute atomic E-state index is 8.47. The first kappa shape index (κ1) is 11.3. The van der Waals surface area contributed by atoms with Gasteiger partial charge in [0, 0.05) is 19.0 Å². The van der Waals surface area contributed by atoms with Crippen LogP contribution in [0.1, 0.15) is 33.6 Å². The molecule has 1 rings (SSSR count). The smallest absolute Gasteiger partial charge is 0.140 e. The van der Waals surface area contributed by atoms with Crippen molar-refractivity contribution in [3.05, 3.63) is 0 Å². The molecule has 0 amide bonds. The predicted octanol–water partition coefficient (Wildman–Crippen LogP) is 1.24. The van der Waals surface area contributed by atoms with E-state index in [-0.39, 0.29) is 0 Å². The van der Waals surface area contributed by atoms with Gasteiger partial charge in [0.05, 0.1) is 0 Å². The summed E-state index contributed by atoms with van der Waals surface area (Å²) in [5.74, 6) is 0.321. The van der Waals surface area contributed by atoms with Crippen LogP contribution in [-0.2, 0) is 0 Å². The SMILES string of the molecule is CC(C/C(N)=N/O)N1CCC(C)(C)C1. The van der Waals surface area contributed by atoms with Crippen LogP contribution in [0.5, 0.6) is 0 Å². The quantitative estimate of drug-likeness (QED) is 0.311. The molecule has 0 aromatic carbocycles. The van der Waals surface area contributed by atoms with Crippen LogP contribution in [0.4, 0.5) is 0 Å². The lowest BCUT2D eigenvalue weighted by atomic mass is 9.93. The number of hydrogen-bond donors (Lipinski definition) is 2.